The van der Waals surface area contributed by atoms with Crippen LogP contribution >= 0.6 is 0 Å². The van der Waals surface area contributed by atoms with Crippen molar-refractivity contribution in [2.24, 2.45) is 0 Å². The largest absolute Gasteiger partial charge is 0.397 e. The molecular formula is C15H25N3O2. The van der Waals surface area contributed by atoms with Crippen molar-refractivity contribution >= 4 is 17.3 Å². The molecular weight excluding hydrogens is 254 g/mol. The molecule has 0 heterocycles. The number of hydrogen-bond acceptors (Lipinski definition) is 4. The van der Waals surface area contributed by atoms with E-state index < -0.39 is 0 Å². The maximum Gasteiger partial charge on any atom is 0.251 e. The molecule has 0 bridgehead atoms. The standard InChI is InChI=1S/C15H25N3O2/c1-4-15(3,8-9-19)18-13-10-11(6-7-12(13)16)14(20)17-5-2/h6-7,10,18-19H,4-5,8-9,16H2,1-3H3,(H,17,20). The van der Waals surface area contributed by atoms with E-state index in [1.54, 1.807) is 18.2 Å². The Morgan fingerprint density at radius 1 is 1.40 bits per heavy atom. The smallest absolute Gasteiger partial charge is 0.251 e. The molecule has 0 spiro atoms. The maximum absolute atomic E-state index is 11.8. The van der Waals surface area contributed by atoms with Gasteiger partial charge in [-0.25, -0.2) is 0 Å². The van der Waals surface area contributed by atoms with E-state index >= 15 is 0 Å². The molecule has 20 heavy (non-hydrogen) atoms. The topological polar surface area (TPSA) is 87.4 Å². The van der Waals surface area contributed by atoms with Gasteiger partial charge in [-0.1, -0.05) is 6.92 Å². The van der Waals surface area contributed by atoms with Crippen LogP contribution in [0.4, 0.5) is 11.4 Å². The molecule has 0 aliphatic carbocycles. The minimum atomic E-state index is -0.247. The molecule has 5 nitrogen and oxygen atoms in total. The normalized spacial score (nSPS) is 13.6. The Labute approximate surface area is 120 Å². The molecule has 0 fully saturated rings. The maximum atomic E-state index is 11.8. The second-order valence-electron chi connectivity index (χ2n) is 5.17. The first kappa shape index (κ1) is 16.3. The number of benzene rings is 1. The summed E-state index contributed by atoms with van der Waals surface area (Å²) in [5, 5.41) is 15.3. The fourth-order valence-electron chi connectivity index (χ4n) is 1.97. The highest BCUT2D eigenvalue weighted by Crippen LogP contribution is 2.27. The van der Waals surface area contributed by atoms with Crippen molar-refractivity contribution in [2.45, 2.75) is 39.2 Å². The van der Waals surface area contributed by atoms with Crippen molar-refractivity contribution in [1.82, 2.24) is 5.32 Å². The molecule has 1 unspecified atom stereocenters. The van der Waals surface area contributed by atoms with Crippen molar-refractivity contribution < 1.29 is 9.90 Å². The zero-order chi connectivity index (χ0) is 15.2. The number of rotatable bonds is 7. The average Bonchev–Trinajstić information content (AvgIpc) is 2.42. The Balaban J connectivity index is 2.99. The summed E-state index contributed by atoms with van der Waals surface area (Å²) >= 11 is 0. The van der Waals surface area contributed by atoms with Crippen LogP contribution < -0.4 is 16.4 Å². The summed E-state index contributed by atoms with van der Waals surface area (Å²) in [5.74, 6) is -0.115. The van der Waals surface area contributed by atoms with Crippen LogP contribution in [0, 0.1) is 0 Å². The van der Waals surface area contributed by atoms with Gasteiger partial charge in [-0.2, -0.15) is 0 Å². The van der Waals surface area contributed by atoms with Crippen LogP contribution in [0.15, 0.2) is 18.2 Å². The Bertz CT molecular complexity index is 462. The van der Waals surface area contributed by atoms with Gasteiger partial charge in [0.1, 0.15) is 0 Å². The third-order valence-electron chi connectivity index (χ3n) is 3.53. The van der Waals surface area contributed by atoms with Crippen LogP contribution in [-0.4, -0.2) is 29.7 Å². The number of aliphatic hydroxyl groups excluding tert-OH is 1. The van der Waals surface area contributed by atoms with E-state index in [1.165, 1.54) is 0 Å². The molecule has 5 N–H and O–H groups in total. The number of anilines is 2. The minimum Gasteiger partial charge on any atom is -0.397 e. The van der Waals surface area contributed by atoms with Gasteiger partial charge in [-0.3, -0.25) is 4.79 Å². The molecule has 0 saturated heterocycles. The molecule has 1 rings (SSSR count). The van der Waals surface area contributed by atoms with Gasteiger partial charge >= 0.3 is 0 Å². The second kappa shape index (κ2) is 7.14. The van der Waals surface area contributed by atoms with Crippen molar-refractivity contribution in [2.75, 3.05) is 24.2 Å². The predicted molar refractivity (Wildman–Crippen MR) is 82.9 cm³/mol. The summed E-state index contributed by atoms with van der Waals surface area (Å²) in [6, 6.07) is 5.19. The molecule has 0 aliphatic heterocycles. The molecule has 1 atom stereocenters. The monoisotopic (exact) mass is 279 g/mol. The van der Waals surface area contributed by atoms with Crippen LogP contribution in [0.3, 0.4) is 0 Å². The van der Waals surface area contributed by atoms with Crippen molar-refractivity contribution in [3.05, 3.63) is 23.8 Å². The van der Waals surface area contributed by atoms with E-state index in [0.717, 1.165) is 12.1 Å². The Morgan fingerprint density at radius 3 is 2.65 bits per heavy atom. The molecule has 5 heteroatoms. The molecule has 0 saturated carbocycles. The van der Waals surface area contributed by atoms with E-state index in [-0.39, 0.29) is 18.1 Å². The SMILES string of the molecule is CCNC(=O)c1ccc(N)c(NC(C)(CC)CCO)c1. The highest BCUT2D eigenvalue weighted by atomic mass is 16.3. The second-order valence-corrected chi connectivity index (χ2v) is 5.17. The first-order valence-corrected chi connectivity index (χ1v) is 7.02. The third kappa shape index (κ3) is 4.13. The van der Waals surface area contributed by atoms with E-state index in [4.69, 9.17) is 10.8 Å². The van der Waals surface area contributed by atoms with Gasteiger partial charge < -0.3 is 21.5 Å². The number of hydrogen-bond donors (Lipinski definition) is 4. The lowest BCUT2D eigenvalue weighted by Gasteiger charge is -2.31. The lowest BCUT2D eigenvalue weighted by molar-refractivity contribution is 0.0956. The van der Waals surface area contributed by atoms with Crippen LogP contribution in [0.2, 0.25) is 0 Å². The summed E-state index contributed by atoms with van der Waals surface area (Å²) in [7, 11) is 0. The summed E-state index contributed by atoms with van der Waals surface area (Å²) in [6.07, 6.45) is 1.46. The highest BCUT2D eigenvalue weighted by molar-refractivity contribution is 5.96. The van der Waals surface area contributed by atoms with E-state index in [9.17, 15) is 4.79 Å². The molecule has 112 valence electrons. The number of aliphatic hydroxyl groups is 1. The van der Waals surface area contributed by atoms with Crippen molar-refractivity contribution in [3.8, 4) is 0 Å². The fraction of sp³-hybridized carbons (Fsp3) is 0.533. The number of carbonyl (C=O) groups is 1. The minimum absolute atomic E-state index is 0.104. The van der Waals surface area contributed by atoms with Gasteiger partial charge in [0, 0.05) is 24.3 Å². The van der Waals surface area contributed by atoms with Crippen LogP contribution in [0.25, 0.3) is 0 Å². The Kier molecular flexibility index (Phi) is 5.82. The predicted octanol–water partition coefficient (Wildman–Crippen LogP) is 1.98. The van der Waals surface area contributed by atoms with Gasteiger partial charge in [0.05, 0.1) is 11.4 Å². The Hall–Kier alpha value is -1.75. The molecule has 0 aliphatic rings. The fourth-order valence-corrected chi connectivity index (χ4v) is 1.97. The van der Waals surface area contributed by atoms with Crippen LogP contribution in [-0.2, 0) is 0 Å². The quantitative estimate of drug-likeness (QED) is 0.575. The van der Waals surface area contributed by atoms with Gasteiger partial charge in [-0.15, -0.1) is 0 Å². The lowest BCUT2D eigenvalue weighted by Crippen LogP contribution is -2.35. The Morgan fingerprint density at radius 2 is 2.10 bits per heavy atom. The number of nitrogens with two attached hydrogens (primary N) is 1. The van der Waals surface area contributed by atoms with Gasteiger partial charge in [0.2, 0.25) is 0 Å². The summed E-state index contributed by atoms with van der Waals surface area (Å²) in [6.45, 7) is 6.65. The van der Waals surface area contributed by atoms with Crippen LogP contribution in [0.1, 0.15) is 44.0 Å². The molecule has 0 radical (unpaired) electrons. The van der Waals surface area contributed by atoms with Crippen molar-refractivity contribution in [1.29, 1.82) is 0 Å². The van der Waals surface area contributed by atoms with E-state index in [2.05, 4.69) is 10.6 Å². The molecule has 1 aromatic rings. The first-order chi connectivity index (χ1) is 9.45. The average molecular weight is 279 g/mol. The zero-order valence-corrected chi connectivity index (χ0v) is 12.5. The van der Waals surface area contributed by atoms with Crippen molar-refractivity contribution in [3.63, 3.8) is 0 Å². The third-order valence-corrected chi connectivity index (χ3v) is 3.53. The highest BCUT2D eigenvalue weighted by Gasteiger charge is 2.22. The van der Waals surface area contributed by atoms with Gasteiger partial charge in [0.25, 0.3) is 5.91 Å². The molecule has 0 aromatic heterocycles. The van der Waals surface area contributed by atoms with E-state index in [1.807, 2.05) is 20.8 Å². The molecule has 1 amide bonds. The van der Waals surface area contributed by atoms with Gasteiger partial charge in [-0.05, 0) is 44.9 Å². The summed E-state index contributed by atoms with van der Waals surface area (Å²) in [5.41, 5.74) is 7.61. The number of nitrogens with one attached hydrogen (secondary N) is 2. The van der Waals surface area contributed by atoms with E-state index in [0.29, 0.717) is 24.2 Å². The number of nitrogen functional groups attached to an aromatic ring is 1. The number of carbonyl (C=O) groups excluding carboxylic acids is 1. The summed E-state index contributed by atoms with van der Waals surface area (Å²) in [4.78, 5) is 11.8. The first-order valence-electron chi connectivity index (χ1n) is 7.02. The van der Waals surface area contributed by atoms with Gasteiger partial charge in [0.15, 0.2) is 0 Å². The summed E-state index contributed by atoms with van der Waals surface area (Å²) < 4.78 is 0. The molecule has 1 aromatic carbocycles. The number of amides is 1. The van der Waals surface area contributed by atoms with Crippen LogP contribution in [0.5, 0.6) is 0 Å². The zero-order valence-electron chi connectivity index (χ0n) is 12.5. The lowest BCUT2D eigenvalue weighted by atomic mass is 9.94.